The van der Waals surface area contributed by atoms with E-state index in [9.17, 15) is 4.79 Å². The Morgan fingerprint density at radius 2 is 2.04 bits per heavy atom. The minimum absolute atomic E-state index is 0.0630. The Kier molecular flexibility index (Phi) is 5.53. The van der Waals surface area contributed by atoms with Crippen LogP contribution < -0.4 is 4.74 Å². The molecule has 0 N–H and O–H groups in total. The molecule has 1 aromatic heterocycles. The van der Waals surface area contributed by atoms with E-state index in [1.54, 1.807) is 0 Å². The number of fused-ring (bicyclic) bond motifs is 1. The molecule has 1 saturated heterocycles. The van der Waals surface area contributed by atoms with Crippen LogP contribution in [0.25, 0.3) is 0 Å². The molecule has 144 valence electrons. The summed E-state index contributed by atoms with van der Waals surface area (Å²) in [4.78, 5) is 19.6. The van der Waals surface area contributed by atoms with Crippen molar-refractivity contribution in [3.63, 3.8) is 0 Å². The number of carbonyl (C=O) groups excluding carboxylic acids is 1. The van der Waals surface area contributed by atoms with E-state index < -0.39 is 6.10 Å². The van der Waals surface area contributed by atoms with Gasteiger partial charge >= 0.3 is 0 Å². The second kappa shape index (κ2) is 8.05. The van der Waals surface area contributed by atoms with Gasteiger partial charge in [0.05, 0.1) is 0 Å². The molecule has 0 spiro atoms. The molecule has 4 rings (SSSR count). The van der Waals surface area contributed by atoms with Crippen LogP contribution in [0.1, 0.15) is 50.0 Å². The molecule has 5 nitrogen and oxygen atoms in total. The molecular weight excluding hydrogens is 406 g/mol. The minimum Gasteiger partial charge on any atom is -0.481 e. The lowest BCUT2D eigenvalue weighted by molar-refractivity contribution is -0.139. The third-order valence-corrected chi connectivity index (χ3v) is 6.13. The number of imidazole rings is 1. The molecule has 0 radical (unpaired) electrons. The maximum Gasteiger partial charge on any atom is 0.263 e. The highest BCUT2D eigenvalue weighted by atomic mass is 79.9. The molecule has 2 aliphatic rings. The zero-order valence-electron chi connectivity index (χ0n) is 15.7. The summed E-state index contributed by atoms with van der Waals surface area (Å²) >= 11 is 3.42. The number of hydrogen-bond donors (Lipinski definition) is 0. The monoisotopic (exact) mass is 431 g/mol. The molecule has 27 heavy (non-hydrogen) atoms. The number of carbonyl (C=O) groups is 1. The first-order chi connectivity index (χ1) is 13.1. The van der Waals surface area contributed by atoms with E-state index in [1.165, 1.54) is 24.4 Å². The average Bonchev–Trinajstić information content (AvgIpc) is 3.13. The Morgan fingerprint density at radius 1 is 1.22 bits per heavy atom. The summed E-state index contributed by atoms with van der Waals surface area (Å²) in [6, 6.07) is 7.60. The molecule has 3 heterocycles. The van der Waals surface area contributed by atoms with Crippen LogP contribution in [0.3, 0.4) is 0 Å². The van der Waals surface area contributed by atoms with Gasteiger partial charge in [-0.2, -0.15) is 0 Å². The number of hydrogen-bond acceptors (Lipinski definition) is 3. The maximum atomic E-state index is 12.9. The molecular formula is C21H26BrN3O2. The topological polar surface area (TPSA) is 47.4 Å². The summed E-state index contributed by atoms with van der Waals surface area (Å²) in [6.45, 7) is 4.45. The van der Waals surface area contributed by atoms with E-state index in [4.69, 9.17) is 9.72 Å². The van der Waals surface area contributed by atoms with Crippen LogP contribution in [0.2, 0.25) is 0 Å². The Labute approximate surface area is 168 Å². The van der Waals surface area contributed by atoms with E-state index in [0.29, 0.717) is 5.92 Å². The summed E-state index contributed by atoms with van der Waals surface area (Å²) in [5, 5.41) is 0. The summed E-state index contributed by atoms with van der Waals surface area (Å²) in [5.41, 5.74) is 1.35. The normalized spacial score (nSPS) is 20.8. The number of aryl methyl sites for hydroxylation is 1. The van der Waals surface area contributed by atoms with E-state index in [2.05, 4.69) is 20.5 Å². The molecule has 0 bridgehead atoms. The van der Waals surface area contributed by atoms with E-state index in [0.717, 1.165) is 49.1 Å². The van der Waals surface area contributed by atoms with Gasteiger partial charge in [0.25, 0.3) is 5.91 Å². The minimum atomic E-state index is -0.487. The quantitative estimate of drug-likeness (QED) is 0.729. The predicted octanol–water partition coefficient (Wildman–Crippen LogP) is 4.16. The smallest absolute Gasteiger partial charge is 0.263 e. The largest absolute Gasteiger partial charge is 0.481 e. The first kappa shape index (κ1) is 18.5. The lowest BCUT2D eigenvalue weighted by Crippen LogP contribution is -2.45. The summed E-state index contributed by atoms with van der Waals surface area (Å²) < 4.78 is 9.26. The highest BCUT2D eigenvalue weighted by molar-refractivity contribution is 9.10. The van der Waals surface area contributed by atoms with Gasteiger partial charge in [0.2, 0.25) is 0 Å². The number of likely N-dealkylation sites (tertiary alicyclic amines) is 1. The van der Waals surface area contributed by atoms with Crippen molar-refractivity contribution in [2.24, 2.45) is 0 Å². The van der Waals surface area contributed by atoms with Crippen molar-refractivity contribution in [2.45, 2.75) is 57.6 Å². The number of nitrogens with zero attached hydrogens (tertiary/aromatic N) is 3. The molecule has 2 aliphatic heterocycles. The average molecular weight is 432 g/mol. The van der Waals surface area contributed by atoms with Gasteiger partial charge in [0.15, 0.2) is 6.10 Å². The fraction of sp³-hybridized carbons (Fsp3) is 0.524. The lowest BCUT2D eigenvalue weighted by Gasteiger charge is -2.34. The highest BCUT2D eigenvalue weighted by Gasteiger charge is 2.31. The van der Waals surface area contributed by atoms with E-state index >= 15 is 0 Å². The van der Waals surface area contributed by atoms with Crippen LogP contribution in [0.4, 0.5) is 0 Å². The first-order valence-electron chi connectivity index (χ1n) is 9.87. The molecule has 2 aromatic rings. The van der Waals surface area contributed by atoms with Crippen LogP contribution >= 0.6 is 15.9 Å². The van der Waals surface area contributed by atoms with Gasteiger partial charge in [-0.3, -0.25) is 4.79 Å². The van der Waals surface area contributed by atoms with Crippen molar-refractivity contribution >= 4 is 21.8 Å². The van der Waals surface area contributed by atoms with Crippen molar-refractivity contribution in [1.29, 1.82) is 0 Å². The number of piperidine rings is 1. The van der Waals surface area contributed by atoms with E-state index in [1.807, 2.05) is 42.3 Å². The van der Waals surface area contributed by atoms with Crippen LogP contribution in [0.5, 0.6) is 5.75 Å². The third kappa shape index (κ3) is 4.05. The number of benzene rings is 1. The molecule has 0 saturated carbocycles. The first-order valence-corrected chi connectivity index (χ1v) is 10.7. The lowest BCUT2D eigenvalue weighted by atomic mass is 9.96. The Morgan fingerprint density at radius 3 is 2.85 bits per heavy atom. The zero-order valence-corrected chi connectivity index (χ0v) is 17.3. The zero-order chi connectivity index (χ0) is 18.8. The van der Waals surface area contributed by atoms with Gasteiger partial charge < -0.3 is 14.2 Å². The molecule has 1 amide bonds. The summed E-state index contributed by atoms with van der Waals surface area (Å²) in [7, 11) is 0. The Bertz CT molecular complexity index is 802. The van der Waals surface area contributed by atoms with Crippen molar-refractivity contribution < 1.29 is 9.53 Å². The van der Waals surface area contributed by atoms with Crippen molar-refractivity contribution in [2.75, 3.05) is 13.1 Å². The van der Waals surface area contributed by atoms with Crippen molar-refractivity contribution in [3.05, 3.63) is 46.5 Å². The van der Waals surface area contributed by atoms with Gasteiger partial charge in [0, 0.05) is 41.9 Å². The third-order valence-electron chi connectivity index (χ3n) is 5.61. The van der Waals surface area contributed by atoms with Gasteiger partial charge in [-0.05, 0) is 63.3 Å². The summed E-state index contributed by atoms with van der Waals surface area (Å²) in [5.74, 6) is 2.28. The van der Waals surface area contributed by atoms with Gasteiger partial charge in [-0.25, -0.2) is 4.98 Å². The number of amides is 1. The highest BCUT2D eigenvalue weighted by Crippen LogP contribution is 2.29. The SMILES string of the molecule is C[C@H](Oc1ccc(Br)cc1)C(=O)N1CCC[C@H](c2ncc3n2CCCC3)C1. The summed E-state index contributed by atoms with van der Waals surface area (Å²) in [6.07, 6.45) is 7.27. The standard InChI is InChI=1S/C21H26BrN3O2/c1-15(27-19-9-7-17(22)8-10-19)21(26)24-11-4-5-16(14-24)20-23-13-18-6-2-3-12-25(18)20/h7-10,13,15-16H,2-6,11-12,14H2,1H3/t15-,16-/m0/s1. The molecule has 6 heteroatoms. The maximum absolute atomic E-state index is 12.9. The van der Waals surface area contributed by atoms with Gasteiger partial charge in [-0.1, -0.05) is 15.9 Å². The molecule has 1 fully saturated rings. The Hall–Kier alpha value is -1.82. The van der Waals surface area contributed by atoms with Crippen LogP contribution in [-0.4, -0.2) is 39.6 Å². The Balaban J connectivity index is 1.42. The number of halogens is 1. The van der Waals surface area contributed by atoms with Crippen LogP contribution in [-0.2, 0) is 17.8 Å². The molecule has 2 atom stereocenters. The molecule has 0 aliphatic carbocycles. The van der Waals surface area contributed by atoms with Gasteiger partial charge in [0.1, 0.15) is 11.6 Å². The van der Waals surface area contributed by atoms with Crippen LogP contribution in [0.15, 0.2) is 34.9 Å². The van der Waals surface area contributed by atoms with E-state index in [-0.39, 0.29) is 5.91 Å². The molecule has 0 unspecified atom stereocenters. The fourth-order valence-electron chi connectivity index (χ4n) is 4.20. The number of aromatic nitrogens is 2. The number of rotatable bonds is 4. The van der Waals surface area contributed by atoms with Crippen molar-refractivity contribution in [1.82, 2.24) is 14.5 Å². The van der Waals surface area contributed by atoms with Crippen molar-refractivity contribution in [3.8, 4) is 5.75 Å². The second-order valence-corrected chi connectivity index (χ2v) is 8.47. The second-order valence-electron chi connectivity index (χ2n) is 7.55. The fourth-order valence-corrected chi connectivity index (χ4v) is 4.46. The predicted molar refractivity (Wildman–Crippen MR) is 108 cm³/mol. The number of ether oxygens (including phenoxy) is 1. The van der Waals surface area contributed by atoms with Gasteiger partial charge in [-0.15, -0.1) is 0 Å². The molecule has 1 aromatic carbocycles. The van der Waals surface area contributed by atoms with Crippen LogP contribution in [0, 0.1) is 0 Å².